The lowest BCUT2D eigenvalue weighted by molar-refractivity contribution is -0.137. The zero-order chi connectivity index (χ0) is 13.5. The predicted molar refractivity (Wildman–Crippen MR) is 68.6 cm³/mol. The van der Waals surface area contributed by atoms with Gasteiger partial charge in [0, 0.05) is 32.1 Å². The number of carbonyl (C=O) groups excluding carboxylic acids is 1. The van der Waals surface area contributed by atoms with Crippen LogP contribution in [0.25, 0.3) is 0 Å². The Hall–Kier alpha value is -1.30. The Morgan fingerprint density at radius 3 is 2.67 bits per heavy atom. The van der Waals surface area contributed by atoms with E-state index in [-0.39, 0.29) is 12.5 Å². The molecule has 2 N–H and O–H groups in total. The van der Waals surface area contributed by atoms with Gasteiger partial charge in [0.2, 0.25) is 0 Å². The number of rotatable bonds is 6. The fraction of sp³-hybridized carbons (Fsp3) is 0.833. The minimum Gasteiger partial charge on any atom is -0.481 e. The highest BCUT2D eigenvalue weighted by Gasteiger charge is 2.26. The van der Waals surface area contributed by atoms with Gasteiger partial charge in [-0.15, -0.1) is 0 Å². The van der Waals surface area contributed by atoms with E-state index in [1.165, 1.54) is 0 Å². The lowest BCUT2D eigenvalue weighted by Crippen LogP contribution is -2.40. The van der Waals surface area contributed by atoms with Crippen molar-refractivity contribution in [2.24, 2.45) is 0 Å². The van der Waals surface area contributed by atoms with Crippen LogP contribution < -0.4 is 5.32 Å². The zero-order valence-corrected chi connectivity index (χ0v) is 11.2. The molecule has 1 fully saturated rings. The van der Waals surface area contributed by atoms with Crippen LogP contribution in [0.3, 0.4) is 0 Å². The van der Waals surface area contributed by atoms with Gasteiger partial charge in [0.15, 0.2) is 0 Å². The largest absolute Gasteiger partial charge is 0.481 e. The molecule has 6 heteroatoms. The van der Waals surface area contributed by atoms with Crippen molar-refractivity contribution in [3.63, 3.8) is 0 Å². The van der Waals surface area contributed by atoms with Gasteiger partial charge in [0.25, 0.3) is 0 Å². The molecule has 1 atom stereocenters. The molecule has 18 heavy (non-hydrogen) atoms. The van der Waals surface area contributed by atoms with Crippen LogP contribution in [0.15, 0.2) is 0 Å². The van der Waals surface area contributed by atoms with Gasteiger partial charge >= 0.3 is 12.0 Å². The van der Waals surface area contributed by atoms with Crippen molar-refractivity contribution in [1.82, 2.24) is 15.1 Å². The summed E-state index contributed by atoms with van der Waals surface area (Å²) in [4.78, 5) is 26.1. The molecule has 0 bridgehead atoms. The first-order chi connectivity index (χ1) is 8.50. The molecule has 1 saturated heterocycles. The summed E-state index contributed by atoms with van der Waals surface area (Å²) < 4.78 is 0. The maximum Gasteiger partial charge on any atom is 0.317 e. The summed E-state index contributed by atoms with van der Waals surface area (Å²) in [5, 5.41) is 11.3. The first-order valence-corrected chi connectivity index (χ1v) is 6.41. The number of amides is 2. The molecule has 1 aliphatic heterocycles. The minimum absolute atomic E-state index is 0.0327. The van der Waals surface area contributed by atoms with Gasteiger partial charge in [0.05, 0.1) is 0 Å². The van der Waals surface area contributed by atoms with E-state index in [9.17, 15) is 9.59 Å². The summed E-state index contributed by atoms with van der Waals surface area (Å²) in [7, 11) is 4.05. The number of carboxylic acids is 1. The van der Waals surface area contributed by atoms with Crippen LogP contribution in [0.4, 0.5) is 4.79 Å². The smallest absolute Gasteiger partial charge is 0.317 e. The highest BCUT2D eigenvalue weighted by molar-refractivity contribution is 5.74. The van der Waals surface area contributed by atoms with Gasteiger partial charge in [0.1, 0.15) is 0 Å². The molecule has 1 unspecified atom stereocenters. The molecule has 1 rings (SSSR count). The third-order valence-electron chi connectivity index (χ3n) is 3.27. The van der Waals surface area contributed by atoms with Crippen LogP contribution in [-0.4, -0.2) is 66.7 Å². The Morgan fingerprint density at radius 1 is 1.39 bits per heavy atom. The fourth-order valence-corrected chi connectivity index (χ4v) is 2.06. The Kier molecular flexibility index (Phi) is 5.91. The van der Waals surface area contributed by atoms with Crippen molar-refractivity contribution in [3.8, 4) is 0 Å². The topological polar surface area (TPSA) is 72.9 Å². The highest BCUT2D eigenvalue weighted by atomic mass is 16.4. The lowest BCUT2D eigenvalue weighted by atomic mass is 10.2. The van der Waals surface area contributed by atoms with E-state index >= 15 is 0 Å². The monoisotopic (exact) mass is 257 g/mol. The maximum absolute atomic E-state index is 11.8. The molecule has 6 nitrogen and oxygen atoms in total. The quantitative estimate of drug-likeness (QED) is 0.683. The molecule has 1 aliphatic rings. The predicted octanol–water partition coefficient (Wildman–Crippen LogP) is 0.587. The molecule has 0 spiro atoms. The number of unbranched alkanes of at least 4 members (excludes halogenated alkanes) is 1. The van der Waals surface area contributed by atoms with Crippen molar-refractivity contribution < 1.29 is 14.7 Å². The third-order valence-corrected chi connectivity index (χ3v) is 3.27. The summed E-state index contributed by atoms with van der Waals surface area (Å²) >= 11 is 0. The van der Waals surface area contributed by atoms with Crippen molar-refractivity contribution in [2.45, 2.75) is 31.7 Å². The van der Waals surface area contributed by atoms with Crippen molar-refractivity contribution in [3.05, 3.63) is 0 Å². The second kappa shape index (κ2) is 7.20. The van der Waals surface area contributed by atoms with Gasteiger partial charge < -0.3 is 20.2 Å². The molecule has 0 aromatic carbocycles. The van der Waals surface area contributed by atoms with Crippen molar-refractivity contribution in [1.29, 1.82) is 0 Å². The summed E-state index contributed by atoms with van der Waals surface area (Å²) in [6.45, 7) is 2.12. The molecule has 0 saturated carbocycles. The molecule has 104 valence electrons. The average molecular weight is 257 g/mol. The van der Waals surface area contributed by atoms with E-state index in [1.807, 2.05) is 19.0 Å². The summed E-state index contributed by atoms with van der Waals surface area (Å²) in [6.07, 6.45) is 2.50. The Labute approximate surface area is 108 Å². The number of urea groups is 1. The standard InChI is InChI=1S/C12H23N3O3/c1-14(2)10-6-8-15(9-10)12(18)13-7-4-3-5-11(16)17/h10H,3-9H2,1-2H3,(H,13,18)(H,16,17). The van der Waals surface area contributed by atoms with Crippen LogP contribution in [0, 0.1) is 0 Å². The highest BCUT2D eigenvalue weighted by Crippen LogP contribution is 2.12. The summed E-state index contributed by atoms with van der Waals surface area (Å²) in [5.74, 6) is -0.783. The second-order valence-corrected chi connectivity index (χ2v) is 4.93. The number of likely N-dealkylation sites (tertiary alicyclic amines) is 1. The van der Waals surface area contributed by atoms with Gasteiger partial charge in [-0.25, -0.2) is 4.79 Å². The zero-order valence-electron chi connectivity index (χ0n) is 11.2. The normalized spacial score (nSPS) is 19.3. The van der Waals surface area contributed by atoms with Crippen molar-refractivity contribution >= 4 is 12.0 Å². The van der Waals surface area contributed by atoms with Gasteiger partial charge in [-0.2, -0.15) is 0 Å². The van der Waals surface area contributed by atoms with Gasteiger partial charge in [-0.3, -0.25) is 4.79 Å². The lowest BCUT2D eigenvalue weighted by Gasteiger charge is -2.20. The number of hydrogen-bond donors (Lipinski definition) is 2. The Balaban J connectivity index is 2.12. The molecule has 0 radical (unpaired) electrons. The molecular formula is C12H23N3O3. The fourth-order valence-electron chi connectivity index (χ4n) is 2.06. The van der Waals surface area contributed by atoms with E-state index in [2.05, 4.69) is 10.2 Å². The SMILES string of the molecule is CN(C)C1CCN(C(=O)NCCCCC(=O)O)C1. The van der Waals surface area contributed by atoms with E-state index < -0.39 is 5.97 Å². The molecule has 0 aromatic heterocycles. The number of hydrogen-bond acceptors (Lipinski definition) is 3. The minimum atomic E-state index is -0.783. The number of nitrogens with zero attached hydrogens (tertiary/aromatic N) is 2. The summed E-state index contributed by atoms with van der Waals surface area (Å²) in [5.41, 5.74) is 0. The van der Waals surface area contributed by atoms with E-state index in [0.29, 0.717) is 25.4 Å². The second-order valence-electron chi connectivity index (χ2n) is 4.93. The van der Waals surface area contributed by atoms with Crippen LogP contribution in [0.1, 0.15) is 25.7 Å². The number of carboxylic acid groups (broad SMARTS) is 1. The van der Waals surface area contributed by atoms with E-state index in [1.54, 1.807) is 0 Å². The number of nitrogens with one attached hydrogen (secondary N) is 1. The van der Waals surface area contributed by atoms with Crippen LogP contribution in [0.2, 0.25) is 0 Å². The maximum atomic E-state index is 11.8. The van der Waals surface area contributed by atoms with E-state index in [4.69, 9.17) is 5.11 Å². The molecule has 1 heterocycles. The first-order valence-electron chi connectivity index (χ1n) is 6.41. The van der Waals surface area contributed by atoms with E-state index in [0.717, 1.165) is 19.5 Å². The molecule has 2 amide bonds. The number of aliphatic carboxylic acids is 1. The number of carbonyl (C=O) groups is 2. The van der Waals surface area contributed by atoms with Crippen LogP contribution in [-0.2, 0) is 4.79 Å². The first kappa shape index (κ1) is 14.8. The van der Waals surface area contributed by atoms with Crippen LogP contribution >= 0.6 is 0 Å². The molecular weight excluding hydrogens is 234 g/mol. The Morgan fingerprint density at radius 2 is 2.11 bits per heavy atom. The molecule has 0 aliphatic carbocycles. The summed E-state index contributed by atoms with van der Waals surface area (Å²) in [6, 6.07) is 0.414. The third kappa shape index (κ3) is 4.91. The molecule has 0 aromatic rings. The Bertz CT molecular complexity index is 294. The van der Waals surface area contributed by atoms with Crippen LogP contribution in [0.5, 0.6) is 0 Å². The van der Waals surface area contributed by atoms with Crippen molar-refractivity contribution in [2.75, 3.05) is 33.7 Å². The van der Waals surface area contributed by atoms with Gasteiger partial charge in [-0.1, -0.05) is 0 Å². The average Bonchev–Trinajstić information content (AvgIpc) is 2.77. The van der Waals surface area contributed by atoms with Gasteiger partial charge in [-0.05, 0) is 33.4 Å². The number of likely N-dealkylation sites (N-methyl/N-ethyl adjacent to an activating group) is 1.